The van der Waals surface area contributed by atoms with Gasteiger partial charge in [0, 0.05) is 12.8 Å². The minimum absolute atomic E-state index is 0.120. The van der Waals surface area contributed by atoms with E-state index < -0.39 is 17.6 Å². The van der Waals surface area contributed by atoms with Gasteiger partial charge < -0.3 is 14.2 Å². The number of ether oxygens (including phenoxy) is 3. The fraction of sp³-hybridized carbons (Fsp3) is 0.364. The monoisotopic (exact) mass is 534 g/mol. The van der Waals surface area contributed by atoms with Crippen LogP contribution in [0, 0.1) is 31.4 Å². The Labute approximate surface area is 230 Å². The molecule has 0 saturated heterocycles. The predicted molar refractivity (Wildman–Crippen MR) is 149 cm³/mol. The molecule has 0 radical (unpaired) electrons. The van der Waals surface area contributed by atoms with Crippen molar-refractivity contribution in [3.8, 4) is 22.6 Å². The van der Waals surface area contributed by atoms with Crippen LogP contribution in [0.4, 0.5) is 8.78 Å². The summed E-state index contributed by atoms with van der Waals surface area (Å²) in [6, 6.07) is 16.8. The Morgan fingerprint density at radius 1 is 0.846 bits per heavy atom. The molecule has 4 nitrogen and oxygen atoms in total. The Bertz CT molecular complexity index is 1220. The molecule has 1 saturated carbocycles. The van der Waals surface area contributed by atoms with Crippen LogP contribution in [-0.4, -0.2) is 25.3 Å². The second-order valence-corrected chi connectivity index (χ2v) is 10.1. The maximum Gasteiger partial charge on any atom is 0.341 e. The second-order valence-electron chi connectivity index (χ2n) is 10.1. The molecule has 0 atom stereocenters. The molecule has 0 heterocycles. The van der Waals surface area contributed by atoms with Gasteiger partial charge >= 0.3 is 5.97 Å². The molecule has 39 heavy (non-hydrogen) atoms. The van der Waals surface area contributed by atoms with Gasteiger partial charge in [-0.15, -0.1) is 6.92 Å². The van der Waals surface area contributed by atoms with E-state index in [0.29, 0.717) is 37.2 Å². The zero-order valence-corrected chi connectivity index (χ0v) is 22.5. The molecule has 0 unspecified atom stereocenters. The van der Waals surface area contributed by atoms with E-state index in [9.17, 15) is 13.6 Å². The topological polar surface area (TPSA) is 44.8 Å². The number of carbonyl (C=O) groups is 1. The van der Waals surface area contributed by atoms with Crippen LogP contribution >= 0.6 is 0 Å². The Morgan fingerprint density at radius 2 is 1.46 bits per heavy atom. The summed E-state index contributed by atoms with van der Waals surface area (Å²) < 4.78 is 46.3. The van der Waals surface area contributed by atoms with Gasteiger partial charge in [0.2, 0.25) is 0 Å². The highest BCUT2D eigenvalue weighted by molar-refractivity contribution is 5.90. The number of rotatable bonds is 12. The van der Waals surface area contributed by atoms with E-state index in [1.165, 1.54) is 23.8 Å². The number of carbonyl (C=O) groups excluding carboxylic acids is 1. The van der Waals surface area contributed by atoms with E-state index in [1.54, 1.807) is 18.2 Å². The van der Waals surface area contributed by atoms with E-state index in [4.69, 9.17) is 14.2 Å². The Balaban J connectivity index is 1.19. The summed E-state index contributed by atoms with van der Waals surface area (Å²) in [5.74, 6) is 0.315. The van der Waals surface area contributed by atoms with E-state index in [1.807, 2.05) is 31.2 Å². The number of aryl methyl sites for hydroxylation is 1. The summed E-state index contributed by atoms with van der Waals surface area (Å²) in [4.78, 5) is 12.5. The molecular weight excluding hydrogens is 498 g/mol. The lowest BCUT2D eigenvalue weighted by Crippen LogP contribution is -2.23. The average Bonchev–Trinajstić information content (AvgIpc) is 2.93. The summed E-state index contributed by atoms with van der Waals surface area (Å²) in [6.45, 7) is 7.08. The van der Waals surface area contributed by atoms with Crippen molar-refractivity contribution < 1.29 is 27.8 Å². The summed E-state index contributed by atoms with van der Waals surface area (Å²) in [5, 5.41) is 0. The average molecular weight is 535 g/mol. The van der Waals surface area contributed by atoms with Crippen LogP contribution in [0.5, 0.6) is 11.5 Å². The zero-order valence-electron chi connectivity index (χ0n) is 22.5. The highest BCUT2D eigenvalue weighted by atomic mass is 19.1. The molecule has 3 aromatic rings. The molecule has 0 spiro atoms. The van der Waals surface area contributed by atoms with Gasteiger partial charge in [-0.1, -0.05) is 35.7 Å². The summed E-state index contributed by atoms with van der Waals surface area (Å²) in [7, 11) is 0. The van der Waals surface area contributed by atoms with Gasteiger partial charge in [0.25, 0.3) is 0 Å². The van der Waals surface area contributed by atoms with Crippen molar-refractivity contribution >= 4 is 5.97 Å². The molecule has 0 N–H and O–H groups in total. The lowest BCUT2D eigenvalue weighted by Gasteiger charge is -2.23. The standard InChI is InChI=1S/C33H36F2O4/c1-23-7-13-27(14-8-23)37-19-5-3-4-6-20-38-32-18-12-26(22-31(32)35)25-11-17-29(30(34)21-25)33(36)39-28-15-9-24(2)10-16-28/h7-8,11-14,17-18,21-22,28H,2-6,9-10,15-16,19-20H2,1H3. The van der Waals surface area contributed by atoms with Crippen molar-refractivity contribution in [2.75, 3.05) is 13.2 Å². The Hall–Kier alpha value is -3.54. The maximum atomic E-state index is 14.8. The number of benzene rings is 3. The van der Waals surface area contributed by atoms with Crippen LogP contribution in [0.2, 0.25) is 0 Å². The molecule has 3 aromatic carbocycles. The normalized spacial score (nSPS) is 13.8. The summed E-state index contributed by atoms with van der Waals surface area (Å²) in [5.41, 5.74) is 2.05. The van der Waals surface area contributed by atoms with E-state index in [2.05, 4.69) is 6.92 Å². The molecule has 0 aliphatic heterocycles. The largest absolute Gasteiger partial charge is 0.494 e. The smallest absolute Gasteiger partial charge is 0.341 e. The SMILES string of the molecule is [CH2-][C+]1CCC(OC(=O)c2ccc(-c3ccc(OCCCCCCOc4ccc(C)cc4)c(F)c3)cc2F)CC1. The van der Waals surface area contributed by atoms with Crippen LogP contribution in [0.25, 0.3) is 11.1 Å². The first-order chi connectivity index (χ1) is 18.9. The fourth-order valence-corrected chi connectivity index (χ4v) is 4.55. The van der Waals surface area contributed by atoms with Gasteiger partial charge in [0.15, 0.2) is 11.6 Å². The van der Waals surface area contributed by atoms with Crippen LogP contribution < -0.4 is 9.47 Å². The molecular formula is C33H36F2O4. The fourth-order valence-electron chi connectivity index (χ4n) is 4.55. The van der Waals surface area contributed by atoms with Crippen molar-refractivity contribution in [1.82, 2.24) is 0 Å². The maximum absolute atomic E-state index is 14.8. The Kier molecular flexibility index (Phi) is 10.2. The molecule has 0 bridgehead atoms. The molecule has 6 heteroatoms. The van der Waals surface area contributed by atoms with Crippen LogP contribution in [-0.2, 0) is 4.74 Å². The van der Waals surface area contributed by atoms with Gasteiger partial charge in [0.05, 0.1) is 31.6 Å². The Morgan fingerprint density at radius 3 is 2.10 bits per heavy atom. The zero-order chi connectivity index (χ0) is 27.6. The highest BCUT2D eigenvalue weighted by Crippen LogP contribution is 2.30. The number of hydrogen-bond donors (Lipinski definition) is 0. The first-order valence-corrected chi connectivity index (χ1v) is 13.7. The molecule has 0 aromatic heterocycles. The van der Waals surface area contributed by atoms with Crippen molar-refractivity contribution in [2.45, 2.75) is 64.4 Å². The minimum atomic E-state index is -0.692. The molecule has 4 rings (SSSR count). The third-order valence-corrected chi connectivity index (χ3v) is 6.95. The van der Waals surface area contributed by atoms with E-state index >= 15 is 0 Å². The van der Waals surface area contributed by atoms with Crippen LogP contribution in [0.1, 0.15) is 67.3 Å². The van der Waals surface area contributed by atoms with Gasteiger partial charge in [-0.25, -0.2) is 13.6 Å². The number of esters is 1. The van der Waals surface area contributed by atoms with Crippen LogP contribution in [0.3, 0.4) is 0 Å². The van der Waals surface area contributed by atoms with Crippen molar-refractivity contribution in [2.24, 2.45) is 0 Å². The first kappa shape index (κ1) is 28.5. The first-order valence-electron chi connectivity index (χ1n) is 13.7. The highest BCUT2D eigenvalue weighted by Gasteiger charge is 2.26. The molecule has 206 valence electrons. The predicted octanol–water partition coefficient (Wildman–Crippen LogP) is 8.47. The van der Waals surface area contributed by atoms with Gasteiger partial charge in [-0.2, -0.15) is 0 Å². The molecule has 1 fully saturated rings. The van der Waals surface area contributed by atoms with Crippen LogP contribution in [0.15, 0.2) is 60.7 Å². The van der Waals surface area contributed by atoms with Gasteiger partial charge in [-0.05, 0) is 80.1 Å². The quantitative estimate of drug-likeness (QED) is 0.133. The van der Waals surface area contributed by atoms with Crippen molar-refractivity contribution in [1.29, 1.82) is 0 Å². The number of halogens is 2. The summed E-state index contributed by atoms with van der Waals surface area (Å²) >= 11 is 0. The molecule has 0 amide bonds. The molecule has 1 aliphatic carbocycles. The van der Waals surface area contributed by atoms with Gasteiger partial charge in [0.1, 0.15) is 17.7 Å². The minimum Gasteiger partial charge on any atom is -0.494 e. The lowest BCUT2D eigenvalue weighted by molar-refractivity contribution is 0.0223. The summed E-state index contributed by atoms with van der Waals surface area (Å²) in [6.07, 6.45) is 6.54. The van der Waals surface area contributed by atoms with E-state index in [0.717, 1.165) is 50.2 Å². The third kappa shape index (κ3) is 8.47. The second kappa shape index (κ2) is 14.0. The lowest BCUT2D eigenvalue weighted by atomic mass is 9.89. The number of unbranched alkanes of at least 4 members (excludes halogenated alkanes) is 3. The van der Waals surface area contributed by atoms with E-state index in [-0.39, 0.29) is 17.4 Å². The van der Waals surface area contributed by atoms with Gasteiger partial charge in [-0.3, -0.25) is 0 Å². The molecule has 1 aliphatic rings. The van der Waals surface area contributed by atoms with Crippen molar-refractivity contribution in [3.63, 3.8) is 0 Å². The van der Waals surface area contributed by atoms with Crippen molar-refractivity contribution in [3.05, 3.63) is 96.3 Å². The number of hydrogen-bond acceptors (Lipinski definition) is 4. The third-order valence-electron chi connectivity index (χ3n) is 6.95.